The number of allylic oxidation sites excluding steroid dienone is 2. The lowest BCUT2D eigenvalue weighted by molar-refractivity contribution is 0.0728. The molecule has 3 aliphatic rings. The van der Waals surface area contributed by atoms with Crippen LogP contribution >= 0.6 is 0 Å². The number of aromatic nitrogens is 2. The number of rotatable bonds is 4. The highest BCUT2D eigenvalue weighted by Crippen LogP contribution is 2.29. The molecule has 4 heterocycles. The Morgan fingerprint density at radius 2 is 2.00 bits per heavy atom. The first-order valence-corrected chi connectivity index (χ1v) is 12.6. The molecule has 1 aliphatic carbocycles. The molecule has 0 aromatic carbocycles. The smallest absolute Gasteiger partial charge is 0.272 e. The van der Waals surface area contributed by atoms with Crippen molar-refractivity contribution in [3.05, 3.63) is 83.0 Å². The van der Waals surface area contributed by atoms with Crippen LogP contribution in [-0.2, 0) is 13.0 Å². The molecule has 3 N–H and O–H groups in total. The second-order valence-electron chi connectivity index (χ2n) is 10.2. The number of hydrogen-bond acceptors (Lipinski definition) is 6. The summed E-state index contributed by atoms with van der Waals surface area (Å²) in [7, 11) is 0. The molecule has 9 heteroatoms. The minimum Gasteiger partial charge on any atom is -0.342 e. The Bertz CT molecular complexity index is 1330. The number of amidine groups is 2. The van der Waals surface area contributed by atoms with Crippen LogP contribution in [0.3, 0.4) is 0 Å². The average Bonchev–Trinajstić information content (AvgIpc) is 3.24. The van der Waals surface area contributed by atoms with E-state index in [0.717, 1.165) is 23.1 Å². The molecular weight excluding hydrogens is 466 g/mol. The zero-order valence-corrected chi connectivity index (χ0v) is 21.1. The molecule has 5 rings (SSSR count). The maximum Gasteiger partial charge on any atom is 0.272 e. The van der Waals surface area contributed by atoms with Crippen LogP contribution in [0.15, 0.2) is 60.5 Å². The fourth-order valence-corrected chi connectivity index (χ4v) is 5.22. The highest BCUT2D eigenvalue weighted by atomic mass is 16.2. The molecule has 190 valence electrons. The maximum absolute atomic E-state index is 13.3. The lowest BCUT2D eigenvalue weighted by Gasteiger charge is -2.34. The summed E-state index contributed by atoms with van der Waals surface area (Å²) in [6.45, 7) is 4.93. The normalized spacial score (nSPS) is 22.9. The van der Waals surface area contributed by atoms with E-state index < -0.39 is 5.54 Å². The van der Waals surface area contributed by atoms with Crippen LogP contribution in [0.25, 0.3) is 0 Å². The Morgan fingerprint density at radius 1 is 1.16 bits per heavy atom. The van der Waals surface area contributed by atoms with Crippen molar-refractivity contribution in [2.24, 2.45) is 0 Å². The third kappa shape index (κ3) is 4.94. The summed E-state index contributed by atoms with van der Waals surface area (Å²) >= 11 is 0. The quantitative estimate of drug-likeness (QED) is 0.440. The molecule has 0 saturated carbocycles. The van der Waals surface area contributed by atoms with Gasteiger partial charge < -0.3 is 15.1 Å². The summed E-state index contributed by atoms with van der Waals surface area (Å²) in [5, 5.41) is 20.0. The van der Waals surface area contributed by atoms with Crippen LogP contribution in [0.2, 0.25) is 0 Å². The Balaban J connectivity index is 1.27. The van der Waals surface area contributed by atoms with Crippen molar-refractivity contribution < 1.29 is 9.59 Å². The minimum absolute atomic E-state index is 0.122. The van der Waals surface area contributed by atoms with Gasteiger partial charge >= 0.3 is 0 Å². The van der Waals surface area contributed by atoms with Gasteiger partial charge in [-0.2, -0.15) is 0 Å². The first-order valence-electron chi connectivity index (χ1n) is 12.6. The molecule has 2 amide bonds. The van der Waals surface area contributed by atoms with Crippen molar-refractivity contribution in [1.82, 2.24) is 25.1 Å². The van der Waals surface area contributed by atoms with Crippen LogP contribution in [0.4, 0.5) is 0 Å². The van der Waals surface area contributed by atoms with E-state index in [-0.39, 0.29) is 17.9 Å². The predicted octanol–water partition coefficient (Wildman–Crippen LogP) is 3.49. The summed E-state index contributed by atoms with van der Waals surface area (Å²) in [6, 6.07) is 7.17. The van der Waals surface area contributed by atoms with Gasteiger partial charge in [0.15, 0.2) is 0 Å². The second-order valence-corrected chi connectivity index (χ2v) is 10.2. The fraction of sp³-hybridized carbons (Fsp3) is 0.357. The van der Waals surface area contributed by atoms with Crippen LogP contribution in [0.5, 0.6) is 0 Å². The van der Waals surface area contributed by atoms with Crippen molar-refractivity contribution >= 4 is 23.5 Å². The average molecular weight is 498 g/mol. The van der Waals surface area contributed by atoms with Crippen molar-refractivity contribution in [2.45, 2.75) is 57.7 Å². The molecule has 1 fully saturated rings. The number of amides is 2. The molecule has 37 heavy (non-hydrogen) atoms. The number of carbonyl (C=O) groups excluding carboxylic acids is 2. The monoisotopic (exact) mass is 497 g/mol. The summed E-state index contributed by atoms with van der Waals surface area (Å²) in [6.07, 6.45) is 11.7. The number of hydrogen-bond donors (Lipinski definition) is 3. The Hall–Kier alpha value is -4.14. The Morgan fingerprint density at radius 3 is 2.73 bits per heavy atom. The predicted molar refractivity (Wildman–Crippen MR) is 141 cm³/mol. The van der Waals surface area contributed by atoms with Crippen LogP contribution in [-0.4, -0.2) is 61.4 Å². The van der Waals surface area contributed by atoms with Gasteiger partial charge in [0.25, 0.3) is 11.8 Å². The zero-order chi connectivity index (χ0) is 26.2. The third-order valence-corrected chi connectivity index (χ3v) is 7.29. The molecule has 2 atom stereocenters. The molecule has 0 spiro atoms. The van der Waals surface area contributed by atoms with Crippen molar-refractivity contribution in [3.63, 3.8) is 0 Å². The largest absolute Gasteiger partial charge is 0.342 e. The first kappa shape index (κ1) is 24.5. The number of nitrogens with one attached hydrogen (secondary N) is 3. The van der Waals surface area contributed by atoms with E-state index in [1.807, 2.05) is 32.1 Å². The summed E-state index contributed by atoms with van der Waals surface area (Å²) < 4.78 is 0. The van der Waals surface area contributed by atoms with Crippen molar-refractivity contribution in [3.8, 4) is 0 Å². The SMILES string of the molecule is C[C@@H]1CCC(=N)N1C(=N)C1=CC=CC(C)(NC(=O)c2cc3c(cn2)CCN(C(=O)c2ccccn2)C3)C1. The third-order valence-electron chi connectivity index (χ3n) is 7.29. The Labute approximate surface area is 216 Å². The van der Waals surface area contributed by atoms with E-state index in [1.54, 1.807) is 46.5 Å². The molecular formula is C28H31N7O2. The van der Waals surface area contributed by atoms with Crippen LogP contribution < -0.4 is 5.32 Å². The van der Waals surface area contributed by atoms with Gasteiger partial charge in [0.2, 0.25) is 0 Å². The van der Waals surface area contributed by atoms with E-state index in [0.29, 0.717) is 55.4 Å². The molecule has 2 aromatic heterocycles. The van der Waals surface area contributed by atoms with E-state index in [4.69, 9.17) is 10.8 Å². The Kier molecular flexibility index (Phi) is 6.45. The molecule has 0 bridgehead atoms. The minimum atomic E-state index is -0.697. The highest BCUT2D eigenvalue weighted by Gasteiger charge is 2.34. The number of likely N-dealkylation sites (tertiary alicyclic amines) is 1. The van der Waals surface area contributed by atoms with Crippen molar-refractivity contribution in [1.29, 1.82) is 10.8 Å². The van der Waals surface area contributed by atoms with Crippen molar-refractivity contribution in [2.75, 3.05) is 6.54 Å². The van der Waals surface area contributed by atoms with Gasteiger partial charge in [-0.15, -0.1) is 0 Å². The van der Waals surface area contributed by atoms with Gasteiger partial charge in [-0.25, -0.2) is 0 Å². The standard InChI is InChI=1S/C28H31N7O2/c1-18-8-9-24(29)35(18)25(30)19-6-5-11-28(2,15-19)33-26(36)23-14-21-17-34(13-10-20(21)16-32-23)27(37)22-7-3-4-12-31-22/h3-7,11-12,14,16,18,29-30H,8-10,13,15,17H2,1-2H3,(H,33,36)/t18-,28?/m1/s1. The highest BCUT2D eigenvalue weighted by molar-refractivity contribution is 6.08. The van der Waals surface area contributed by atoms with Crippen LogP contribution in [0.1, 0.15) is 65.2 Å². The van der Waals surface area contributed by atoms with Crippen LogP contribution in [0, 0.1) is 10.8 Å². The molecule has 1 saturated heterocycles. The lowest BCUT2D eigenvalue weighted by atomic mass is 9.87. The summed E-state index contributed by atoms with van der Waals surface area (Å²) in [5.74, 6) is 0.353. The first-order chi connectivity index (χ1) is 17.7. The maximum atomic E-state index is 13.3. The van der Waals surface area contributed by atoms with E-state index in [9.17, 15) is 9.59 Å². The zero-order valence-electron chi connectivity index (χ0n) is 21.1. The van der Waals surface area contributed by atoms with Gasteiger partial charge in [-0.3, -0.25) is 30.4 Å². The fourth-order valence-electron chi connectivity index (χ4n) is 5.22. The van der Waals surface area contributed by atoms with Gasteiger partial charge in [0.05, 0.1) is 5.54 Å². The molecule has 2 aliphatic heterocycles. The van der Waals surface area contributed by atoms with Gasteiger partial charge in [-0.1, -0.05) is 24.3 Å². The summed E-state index contributed by atoms with van der Waals surface area (Å²) in [4.78, 5) is 38.2. The topological polar surface area (TPSA) is 126 Å². The lowest BCUT2D eigenvalue weighted by Crippen LogP contribution is -2.47. The second kappa shape index (κ2) is 9.72. The molecule has 9 nitrogen and oxygen atoms in total. The number of nitrogens with zero attached hydrogens (tertiary/aromatic N) is 4. The number of fused-ring (bicyclic) bond motifs is 1. The number of pyridine rings is 2. The van der Waals surface area contributed by atoms with Gasteiger partial charge in [-0.05, 0) is 61.6 Å². The van der Waals surface area contributed by atoms with E-state index in [1.165, 1.54) is 0 Å². The van der Waals surface area contributed by atoms with E-state index >= 15 is 0 Å². The molecule has 0 radical (unpaired) electrons. The molecule has 2 aromatic rings. The van der Waals surface area contributed by atoms with Gasteiger partial charge in [0, 0.05) is 44.4 Å². The summed E-state index contributed by atoms with van der Waals surface area (Å²) in [5.41, 5.74) is 2.72. The number of carbonyl (C=O) groups is 2. The molecule has 1 unspecified atom stereocenters. The van der Waals surface area contributed by atoms with Gasteiger partial charge in [0.1, 0.15) is 23.1 Å². The van der Waals surface area contributed by atoms with E-state index in [2.05, 4.69) is 15.3 Å².